The summed E-state index contributed by atoms with van der Waals surface area (Å²) in [6.45, 7) is 2.90. The SMILES string of the molecule is Cc1cccc([N+](=O)[O-])c1C(=O)OC(C)C(=O)Nc1ncnc2nc[nH]c12. The molecule has 3 rings (SSSR count). The molecule has 0 radical (unpaired) electrons. The lowest BCUT2D eigenvalue weighted by Crippen LogP contribution is -2.30. The summed E-state index contributed by atoms with van der Waals surface area (Å²) in [5.41, 5.74) is 0.568. The summed E-state index contributed by atoms with van der Waals surface area (Å²) in [5, 5.41) is 13.6. The zero-order valence-corrected chi connectivity index (χ0v) is 14.3. The van der Waals surface area contributed by atoms with Crippen LogP contribution in [0.4, 0.5) is 11.5 Å². The number of aryl methyl sites for hydroxylation is 1. The molecule has 1 amide bonds. The molecule has 3 aromatic rings. The normalized spacial score (nSPS) is 11.8. The van der Waals surface area contributed by atoms with Crippen molar-refractivity contribution < 1.29 is 19.2 Å². The summed E-state index contributed by atoms with van der Waals surface area (Å²) in [6, 6.07) is 4.21. The summed E-state index contributed by atoms with van der Waals surface area (Å²) in [6.07, 6.45) is 1.41. The van der Waals surface area contributed by atoms with Gasteiger partial charge in [-0.25, -0.2) is 19.7 Å². The van der Waals surface area contributed by atoms with E-state index in [1.54, 1.807) is 13.0 Å². The number of nitro groups is 1. The number of carbonyl (C=O) groups is 2. The van der Waals surface area contributed by atoms with Crippen molar-refractivity contribution in [2.45, 2.75) is 20.0 Å². The zero-order valence-electron chi connectivity index (χ0n) is 14.3. The molecule has 1 unspecified atom stereocenters. The molecule has 0 saturated carbocycles. The number of nitro benzene ring substituents is 1. The van der Waals surface area contributed by atoms with Crippen LogP contribution < -0.4 is 5.32 Å². The third-order valence-electron chi connectivity index (χ3n) is 3.77. The molecule has 27 heavy (non-hydrogen) atoms. The molecule has 1 aromatic carbocycles. The van der Waals surface area contributed by atoms with Crippen LogP contribution in [-0.2, 0) is 9.53 Å². The molecule has 0 aliphatic heterocycles. The van der Waals surface area contributed by atoms with Gasteiger partial charge in [-0.1, -0.05) is 12.1 Å². The Hall–Kier alpha value is -3.89. The fraction of sp³-hybridized carbons (Fsp3) is 0.188. The predicted molar refractivity (Wildman–Crippen MR) is 93.0 cm³/mol. The van der Waals surface area contributed by atoms with Crippen LogP contribution in [0.25, 0.3) is 11.2 Å². The van der Waals surface area contributed by atoms with Crippen molar-refractivity contribution in [3.8, 4) is 0 Å². The minimum Gasteiger partial charge on any atom is -0.449 e. The molecular formula is C16H14N6O5. The summed E-state index contributed by atoms with van der Waals surface area (Å²) in [4.78, 5) is 49.8. The molecule has 11 nitrogen and oxygen atoms in total. The molecule has 11 heteroatoms. The molecule has 0 aliphatic carbocycles. The van der Waals surface area contributed by atoms with Gasteiger partial charge in [0.1, 0.15) is 17.4 Å². The van der Waals surface area contributed by atoms with E-state index in [2.05, 4.69) is 25.3 Å². The van der Waals surface area contributed by atoms with Gasteiger partial charge < -0.3 is 15.0 Å². The van der Waals surface area contributed by atoms with E-state index in [0.29, 0.717) is 16.7 Å². The quantitative estimate of drug-likeness (QED) is 0.391. The van der Waals surface area contributed by atoms with Crippen LogP contribution in [0.5, 0.6) is 0 Å². The van der Waals surface area contributed by atoms with Crippen LogP contribution in [0.2, 0.25) is 0 Å². The van der Waals surface area contributed by atoms with Crippen LogP contribution in [0.1, 0.15) is 22.8 Å². The molecule has 0 saturated heterocycles. The average Bonchev–Trinajstić information content (AvgIpc) is 3.10. The second-order valence-electron chi connectivity index (χ2n) is 5.59. The first-order valence-corrected chi connectivity index (χ1v) is 7.78. The maximum absolute atomic E-state index is 12.4. The van der Waals surface area contributed by atoms with Gasteiger partial charge >= 0.3 is 5.97 Å². The first-order chi connectivity index (χ1) is 12.9. The van der Waals surface area contributed by atoms with E-state index in [4.69, 9.17) is 4.74 Å². The number of H-pyrrole nitrogens is 1. The summed E-state index contributed by atoms with van der Waals surface area (Å²) >= 11 is 0. The predicted octanol–water partition coefficient (Wildman–Crippen LogP) is 1.75. The second-order valence-corrected chi connectivity index (χ2v) is 5.59. The lowest BCUT2D eigenvalue weighted by atomic mass is 10.1. The number of imidazole rings is 1. The molecule has 1 atom stereocenters. The number of benzene rings is 1. The number of ether oxygens (including phenoxy) is 1. The number of amides is 1. The van der Waals surface area contributed by atoms with Gasteiger partial charge in [-0.15, -0.1) is 0 Å². The van der Waals surface area contributed by atoms with Crippen LogP contribution in [0.15, 0.2) is 30.9 Å². The monoisotopic (exact) mass is 370 g/mol. The van der Waals surface area contributed by atoms with Gasteiger partial charge in [0.15, 0.2) is 17.6 Å². The zero-order chi connectivity index (χ0) is 19.6. The number of esters is 1. The van der Waals surface area contributed by atoms with Crippen molar-refractivity contribution in [1.82, 2.24) is 19.9 Å². The number of aromatic amines is 1. The Kier molecular flexibility index (Phi) is 4.75. The van der Waals surface area contributed by atoms with Gasteiger partial charge in [0.05, 0.1) is 11.3 Å². The number of carbonyl (C=O) groups excluding carboxylic acids is 2. The van der Waals surface area contributed by atoms with Gasteiger partial charge in [-0.3, -0.25) is 14.9 Å². The lowest BCUT2D eigenvalue weighted by Gasteiger charge is -2.14. The highest BCUT2D eigenvalue weighted by atomic mass is 16.6. The van der Waals surface area contributed by atoms with Gasteiger partial charge in [0.25, 0.3) is 11.6 Å². The van der Waals surface area contributed by atoms with Crippen LogP contribution in [0.3, 0.4) is 0 Å². The first kappa shape index (κ1) is 17.9. The molecule has 138 valence electrons. The summed E-state index contributed by atoms with van der Waals surface area (Å²) in [7, 11) is 0. The van der Waals surface area contributed by atoms with Crippen LogP contribution >= 0.6 is 0 Å². The topological polar surface area (TPSA) is 153 Å². The molecular weight excluding hydrogens is 356 g/mol. The molecule has 0 aliphatic rings. The number of rotatable bonds is 5. The van der Waals surface area contributed by atoms with Gasteiger partial charge in [-0.05, 0) is 19.4 Å². The van der Waals surface area contributed by atoms with Crippen molar-refractivity contribution in [3.05, 3.63) is 52.1 Å². The Bertz CT molecular complexity index is 1050. The minimum absolute atomic E-state index is 0.173. The van der Waals surface area contributed by atoms with E-state index in [1.807, 2.05) is 0 Å². The smallest absolute Gasteiger partial charge is 0.346 e. The van der Waals surface area contributed by atoms with E-state index in [0.717, 1.165) is 0 Å². The van der Waals surface area contributed by atoms with E-state index in [1.165, 1.54) is 31.7 Å². The maximum atomic E-state index is 12.4. The number of nitrogens with one attached hydrogen (secondary N) is 2. The summed E-state index contributed by atoms with van der Waals surface area (Å²) in [5.74, 6) is -1.45. The number of fused-ring (bicyclic) bond motifs is 1. The maximum Gasteiger partial charge on any atom is 0.346 e. The number of hydrogen-bond donors (Lipinski definition) is 2. The largest absolute Gasteiger partial charge is 0.449 e. The van der Waals surface area contributed by atoms with Crippen LogP contribution in [-0.4, -0.2) is 42.8 Å². The van der Waals surface area contributed by atoms with Gasteiger partial charge in [0.2, 0.25) is 0 Å². The Labute approximate surface area is 152 Å². The standard InChI is InChI=1S/C16H14N6O5/c1-8-4-3-5-10(22(25)26)11(8)16(24)27-9(2)15(23)21-14-12-13(18-6-17-12)19-7-20-14/h3-7,9H,1-2H3,(H2,17,18,19,20,21,23). The Morgan fingerprint density at radius 3 is 2.81 bits per heavy atom. The fourth-order valence-electron chi connectivity index (χ4n) is 2.42. The van der Waals surface area contributed by atoms with Crippen molar-refractivity contribution >= 4 is 34.5 Å². The highest BCUT2D eigenvalue weighted by Gasteiger charge is 2.27. The van der Waals surface area contributed by atoms with Gasteiger partial charge in [-0.2, -0.15) is 0 Å². The van der Waals surface area contributed by atoms with E-state index in [-0.39, 0.29) is 17.1 Å². The number of nitrogens with zero attached hydrogens (tertiary/aromatic N) is 4. The van der Waals surface area contributed by atoms with Crippen molar-refractivity contribution in [2.75, 3.05) is 5.32 Å². The number of hydrogen-bond acceptors (Lipinski definition) is 8. The number of aromatic nitrogens is 4. The average molecular weight is 370 g/mol. The highest BCUT2D eigenvalue weighted by molar-refractivity contribution is 6.01. The molecule has 2 aromatic heterocycles. The van der Waals surface area contributed by atoms with Crippen molar-refractivity contribution in [3.63, 3.8) is 0 Å². The fourth-order valence-corrected chi connectivity index (χ4v) is 2.42. The van der Waals surface area contributed by atoms with Crippen molar-refractivity contribution in [2.24, 2.45) is 0 Å². The minimum atomic E-state index is -1.22. The van der Waals surface area contributed by atoms with Gasteiger partial charge in [0, 0.05) is 6.07 Å². The highest BCUT2D eigenvalue weighted by Crippen LogP contribution is 2.23. The third kappa shape index (κ3) is 3.56. The molecule has 2 heterocycles. The number of anilines is 1. The molecule has 2 N–H and O–H groups in total. The first-order valence-electron chi connectivity index (χ1n) is 7.78. The Morgan fingerprint density at radius 1 is 1.30 bits per heavy atom. The third-order valence-corrected chi connectivity index (χ3v) is 3.77. The van der Waals surface area contributed by atoms with Crippen molar-refractivity contribution in [1.29, 1.82) is 0 Å². The molecule has 0 fully saturated rings. The lowest BCUT2D eigenvalue weighted by molar-refractivity contribution is -0.385. The Morgan fingerprint density at radius 2 is 2.07 bits per heavy atom. The van der Waals surface area contributed by atoms with E-state index < -0.39 is 22.9 Å². The Balaban J connectivity index is 1.76. The second kappa shape index (κ2) is 7.15. The van der Waals surface area contributed by atoms with Crippen LogP contribution in [0, 0.1) is 17.0 Å². The molecule has 0 bridgehead atoms. The molecule has 0 spiro atoms. The summed E-state index contributed by atoms with van der Waals surface area (Å²) < 4.78 is 5.11. The van der Waals surface area contributed by atoms with E-state index in [9.17, 15) is 19.7 Å². The van der Waals surface area contributed by atoms with E-state index >= 15 is 0 Å².